The van der Waals surface area contributed by atoms with Gasteiger partial charge in [-0.05, 0) is 53.9 Å². The molecule has 1 aliphatic rings. The van der Waals surface area contributed by atoms with Crippen molar-refractivity contribution in [2.24, 2.45) is 0 Å². The first-order valence-corrected chi connectivity index (χ1v) is 11.9. The van der Waals surface area contributed by atoms with E-state index < -0.39 is 23.7 Å². The molecule has 5 rings (SSSR count). The Morgan fingerprint density at radius 2 is 1.92 bits per heavy atom. The fourth-order valence-electron chi connectivity index (χ4n) is 4.64. The molecule has 0 aliphatic carbocycles. The van der Waals surface area contributed by atoms with Crippen molar-refractivity contribution in [2.45, 2.75) is 12.5 Å². The second-order valence-electron chi connectivity index (χ2n) is 8.60. The summed E-state index contributed by atoms with van der Waals surface area (Å²) in [5.74, 6) is -2.31. The number of amides is 1. The first-order valence-electron chi connectivity index (χ1n) is 11.5. The van der Waals surface area contributed by atoms with Gasteiger partial charge in [0.15, 0.2) is 0 Å². The van der Waals surface area contributed by atoms with E-state index in [1.165, 1.54) is 18.2 Å². The molecule has 1 fully saturated rings. The number of ketones is 1. The van der Waals surface area contributed by atoms with Crippen LogP contribution in [0.2, 0.25) is 5.02 Å². The van der Waals surface area contributed by atoms with Crippen molar-refractivity contribution >= 4 is 45.9 Å². The number of fused-ring (bicyclic) bond motifs is 1. The molecule has 37 heavy (non-hydrogen) atoms. The highest BCUT2D eigenvalue weighted by atomic mass is 35.5. The SMILES string of the molecule is COC(=O)c1ccc(C2/C(=C(\O)c3cccnc3)C(=O)C(=O)N2CCc2c[nH]c3cc(Cl)ccc23)cc1. The highest BCUT2D eigenvalue weighted by Crippen LogP contribution is 2.39. The summed E-state index contributed by atoms with van der Waals surface area (Å²) in [6.45, 7) is 0.216. The Kier molecular flexibility index (Phi) is 6.50. The van der Waals surface area contributed by atoms with Crippen molar-refractivity contribution in [1.82, 2.24) is 14.9 Å². The van der Waals surface area contributed by atoms with Crippen LogP contribution in [0.25, 0.3) is 16.7 Å². The number of aromatic nitrogens is 2. The lowest BCUT2D eigenvalue weighted by Crippen LogP contribution is -2.31. The predicted molar refractivity (Wildman–Crippen MR) is 138 cm³/mol. The van der Waals surface area contributed by atoms with Crippen LogP contribution in [0, 0.1) is 0 Å². The Morgan fingerprint density at radius 3 is 2.62 bits per heavy atom. The normalized spacial score (nSPS) is 16.9. The molecule has 1 amide bonds. The number of rotatable bonds is 6. The number of likely N-dealkylation sites (tertiary alicyclic amines) is 1. The summed E-state index contributed by atoms with van der Waals surface area (Å²) in [4.78, 5) is 47.0. The molecule has 1 atom stereocenters. The number of aromatic amines is 1. The third-order valence-electron chi connectivity index (χ3n) is 6.47. The van der Waals surface area contributed by atoms with Gasteiger partial charge in [0.25, 0.3) is 11.7 Å². The number of esters is 1. The van der Waals surface area contributed by atoms with E-state index in [0.29, 0.717) is 28.1 Å². The number of ether oxygens (including phenoxy) is 1. The Morgan fingerprint density at radius 1 is 1.14 bits per heavy atom. The Balaban J connectivity index is 1.55. The summed E-state index contributed by atoms with van der Waals surface area (Å²) in [5.41, 5.74) is 3.02. The molecule has 4 aromatic rings. The molecular formula is C28H22ClN3O5. The Hall–Kier alpha value is -4.43. The standard InChI is InChI=1S/C28H22ClN3O5/c1-37-28(36)17-6-4-16(5-7-17)24-23(25(33)19-3-2-11-30-14-19)26(34)27(35)32(24)12-10-18-15-31-22-13-20(29)8-9-21(18)22/h2-9,11,13-15,24,31,33H,10,12H2,1H3/b25-23+. The first kappa shape index (κ1) is 24.3. The minimum atomic E-state index is -0.855. The summed E-state index contributed by atoms with van der Waals surface area (Å²) < 4.78 is 4.77. The van der Waals surface area contributed by atoms with Gasteiger partial charge in [-0.25, -0.2) is 4.79 Å². The molecular weight excluding hydrogens is 494 g/mol. The van der Waals surface area contributed by atoms with Crippen molar-refractivity contribution in [3.05, 3.63) is 106 Å². The average Bonchev–Trinajstić information content (AvgIpc) is 3.44. The van der Waals surface area contributed by atoms with E-state index in [1.807, 2.05) is 18.3 Å². The number of Topliss-reactive ketones (excluding diaryl/α,β-unsaturated/α-hetero) is 1. The highest BCUT2D eigenvalue weighted by molar-refractivity contribution is 6.46. The number of nitrogens with one attached hydrogen (secondary N) is 1. The topological polar surface area (TPSA) is 113 Å². The number of aliphatic hydroxyl groups is 1. The molecule has 9 heteroatoms. The number of aliphatic hydroxyl groups excluding tert-OH is 1. The van der Waals surface area contributed by atoms with Crippen molar-refractivity contribution in [1.29, 1.82) is 0 Å². The zero-order valence-electron chi connectivity index (χ0n) is 19.8. The fourth-order valence-corrected chi connectivity index (χ4v) is 4.81. The van der Waals surface area contributed by atoms with E-state index in [4.69, 9.17) is 16.3 Å². The smallest absolute Gasteiger partial charge is 0.337 e. The van der Waals surface area contributed by atoms with E-state index in [-0.39, 0.29) is 17.9 Å². The zero-order chi connectivity index (χ0) is 26.1. The second-order valence-corrected chi connectivity index (χ2v) is 9.04. The van der Waals surface area contributed by atoms with Gasteiger partial charge in [0.05, 0.1) is 24.3 Å². The van der Waals surface area contributed by atoms with Gasteiger partial charge in [-0.2, -0.15) is 0 Å². The zero-order valence-corrected chi connectivity index (χ0v) is 20.5. The molecule has 2 N–H and O–H groups in total. The quantitative estimate of drug-likeness (QED) is 0.167. The Labute approximate surface area is 217 Å². The summed E-state index contributed by atoms with van der Waals surface area (Å²) in [7, 11) is 1.29. The van der Waals surface area contributed by atoms with Crippen molar-refractivity contribution in [3.63, 3.8) is 0 Å². The average molecular weight is 516 g/mol. The minimum Gasteiger partial charge on any atom is -0.507 e. The fraction of sp³-hybridized carbons (Fsp3) is 0.143. The van der Waals surface area contributed by atoms with Gasteiger partial charge in [-0.3, -0.25) is 14.6 Å². The van der Waals surface area contributed by atoms with Crippen LogP contribution < -0.4 is 0 Å². The maximum Gasteiger partial charge on any atom is 0.337 e. The van der Waals surface area contributed by atoms with Gasteiger partial charge in [-0.1, -0.05) is 29.8 Å². The number of halogens is 1. The van der Waals surface area contributed by atoms with Gasteiger partial charge in [0.1, 0.15) is 5.76 Å². The summed E-state index contributed by atoms with van der Waals surface area (Å²) in [6, 6.07) is 14.4. The van der Waals surface area contributed by atoms with Crippen LogP contribution in [0.4, 0.5) is 0 Å². The van der Waals surface area contributed by atoms with Crippen LogP contribution in [-0.4, -0.2) is 51.3 Å². The van der Waals surface area contributed by atoms with Crippen molar-refractivity contribution < 1.29 is 24.2 Å². The van der Waals surface area contributed by atoms with Gasteiger partial charge >= 0.3 is 5.97 Å². The van der Waals surface area contributed by atoms with Crippen molar-refractivity contribution in [3.8, 4) is 0 Å². The second kappa shape index (κ2) is 9.91. The molecule has 3 heterocycles. The molecule has 8 nitrogen and oxygen atoms in total. The lowest BCUT2D eigenvalue weighted by molar-refractivity contribution is -0.139. The van der Waals surface area contributed by atoms with Crippen LogP contribution in [0.5, 0.6) is 0 Å². The maximum atomic E-state index is 13.2. The number of carbonyl (C=O) groups is 3. The van der Waals surface area contributed by atoms with Gasteiger partial charge < -0.3 is 19.7 Å². The predicted octanol–water partition coefficient (Wildman–Crippen LogP) is 4.67. The number of benzene rings is 2. The van der Waals surface area contributed by atoms with E-state index in [1.54, 1.807) is 48.7 Å². The molecule has 0 spiro atoms. The molecule has 0 bridgehead atoms. The molecule has 0 radical (unpaired) electrons. The van der Waals surface area contributed by atoms with E-state index in [0.717, 1.165) is 16.5 Å². The molecule has 1 aliphatic heterocycles. The van der Waals surface area contributed by atoms with E-state index in [2.05, 4.69) is 9.97 Å². The number of pyridine rings is 1. The number of hydrogen-bond acceptors (Lipinski definition) is 6. The molecule has 186 valence electrons. The Bertz CT molecular complexity index is 1540. The molecule has 1 unspecified atom stereocenters. The monoisotopic (exact) mass is 515 g/mol. The summed E-state index contributed by atoms with van der Waals surface area (Å²) >= 11 is 6.09. The molecule has 2 aromatic heterocycles. The molecule has 1 saturated heterocycles. The van der Waals surface area contributed by atoms with Crippen LogP contribution in [0.1, 0.15) is 33.1 Å². The molecule has 0 saturated carbocycles. The summed E-state index contributed by atoms with van der Waals surface area (Å²) in [5, 5.41) is 12.7. The lowest BCUT2D eigenvalue weighted by atomic mass is 9.95. The van der Waals surface area contributed by atoms with Crippen LogP contribution in [0.15, 0.2) is 78.8 Å². The first-order chi connectivity index (χ1) is 17.9. The highest BCUT2D eigenvalue weighted by Gasteiger charge is 2.46. The van der Waals surface area contributed by atoms with Crippen LogP contribution in [0.3, 0.4) is 0 Å². The third-order valence-corrected chi connectivity index (χ3v) is 6.71. The van der Waals surface area contributed by atoms with Crippen LogP contribution >= 0.6 is 11.6 Å². The number of H-pyrrole nitrogens is 1. The largest absolute Gasteiger partial charge is 0.507 e. The molecule has 2 aromatic carbocycles. The van der Waals surface area contributed by atoms with E-state index >= 15 is 0 Å². The van der Waals surface area contributed by atoms with Gasteiger partial charge in [0.2, 0.25) is 0 Å². The number of nitrogens with zero attached hydrogens (tertiary/aromatic N) is 2. The lowest BCUT2D eigenvalue weighted by Gasteiger charge is -2.25. The number of methoxy groups -OCH3 is 1. The van der Waals surface area contributed by atoms with Gasteiger partial charge in [0, 0.05) is 46.6 Å². The van der Waals surface area contributed by atoms with Crippen molar-refractivity contribution in [2.75, 3.05) is 13.7 Å². The summed E-state index contributed by atoms with van der Waals surface area (Å²) in [6.07, 6.45) is 5.29. The number of hydrogen-bond donors (Lipinski definition) is 2. The minimum absolute atomic E-state index is 0.0328. The van der Waals surface area contributed by atoms with Crippen LogP contribution in [-0.2, 0) is 20.7 Å². The number of carbonyl (C=O) groups excluding carboxylic acids is 3. The third kappa shape index (κ3) is 4.47. The van der Waals surface area contributed by atoms with Gasteiger partial charge in [-0.15, -0.1) is 0 Å². The van der Waals surface area contributed by atoms with E-state index in [9.17, 15) is 19.5 Å². The maximum absolute atomic E-state index is 13.2.